The summed E-state index contributed by atoms with van der Waals surface area (Å²) in [5, 5.41) is 0. The average Bonchev–Trinajstić information content (AvgIpc) is 3.50. The van der Waals surface area contributed by atoms with Gasteiger partial charge in [0.05, 0.1) is 11.0 Å². The van der Waals surface area contributed by atoms with Crippen molar-refractivity contribution in [3.63, 3.8) is 0 Å². The Bertz CT molecular complexity index is 1190. The van der Waals surface area contributed by atoms with E-state index in [1.807, 2.05) is 6.07 Å². The second-order valence-corrected chi connectivity index (χ2v) is 9.63. The first-order chi connectivity index (χ1) is 16.6. The number of piperidine rings is 1. The largest absolute Gasteiger partial charge is 0.454 e. The first kappa shape index (κ1) is 21.3. The van der Waals surface area contributed by atoms with Gasteiger partial charge < -0.3 is 24.3 Å². The van der Waals surface area contributed by atoms with Gasteiger partial charge in [0, 0.05) is 51.7 Å². The van der Waals surface area contributed by atoms with Crippen LogP contribution in [-0.2, 0) is 11.3 Å². The molecule has 0 spiro atoms. The molecule has 0 bridgehead atoms. The molecule has 178 valence electrons. The molecule has 3 aromatic rings. The Morgan fingerprint density at radius 1 is 1.00 bits per heavy atom. The molecule has 34 heavy (non-hydrogen) atoms. The minimum Gasteiger partial charge on any atom is -0.454 e. The molecule has 2 fully saturated rings. The third-order valence-electron chi connectivity index (χ3n) is 7.30. The number of imidazole rings is 1. The molecule has 3 aliphatic rings. The maximum absolute atomic E-state index is 13.2. The number of hydrogen-bond donors (Lipinski definition) is 1. The van der Waals surface area contributed by atoms with Crippen LogP contribution < -0.4 is 14.4 Å². The summed E-state index contributed by atoms with van der Waals surface area (Å²) in [4.78, 5) is 28.2. The molecule has 4 heterocycles. The van der Waals surface area contributed by atoms with E-state index >= 15 is 0 Å². The van der Waals surface area contributed by atoms with E-state index in [-0.39, 0.29) is 5.92 Å². The molecule has 2 saturated heterocycles. The third kappa shape index (κ3) is 4.18. The van der Waals surface area contributed by atoms with E-state index < -0.39 is 0 Å². The zero-order valence-corrected chi connectivity index (χ0v) is 19.6. The van der Waals surface area contributed by atoms with Crippen molar-refractivity contribution in [2.24, 2.45) is 5.92 Å². The lowest BCUT2D eigenvalue weighted by atomic mass is 9.95. The zero-order chi connectivity index (χ0) is 23.1. The number of piperazine rings is 1. The van der Waals surface area contributed by atoms with Crippen molar-refractivity contribution in [3.8, 4) is 11.5 Å². The van der Waals surface area contributed by atoms with Gasteiger partial charge in [-0.15, -0.1) is 0 Å². The van der Waals surface area contributed by atoms with Crippen LogP contribution in [0.25, 0.3) is 11.0 Å². The summed E-state index contributed by atoms with van der Waals surface area (Å²) in [5.41, 5.74) is 4.52. The molecule has 0 atom stereocenters. The maximum atomic E-state index is 13.2. The molecule has 8 heteroatoms. The molecule has 0 aliphatic carbocycles. The lowest BCUT2D eigenvalue weighted by Crippen LogP contribution is -2.51. The normalized spacial score (nSPS) is 19.2. The molecule has 2 aromatic carbocycles. The van der Waals surface area contributed by atoms with Crippen molar-refractivity contribution >= 4 is 22.9 Å². The number of ether oxygens (including phenoxy) is 2. The Labute approximate surface area is 199 Å². The fourth-order valence-electron chi connectivity index (χ4n) is 5.28. The summed E-state index contributed by atoms with van der Waals surface area (Å²) in [6, 6.07) is 12.4. The van der Waals surface area contributed by atoms with E-state index in [0.29, 0.717) is 12.7 Å². The van der Waals surface area contributed by atoms with Crippen molar-refractivity contribution < 1.29 is 14.3 Å². The number of benzene rings is 2. The second-order valence-electron chi connectivity index (χ2n) is 9.63. The van der Waals surface area contributed by atoms with Gasteiger partial charge in [0.1, 0.15) is 0 Å². The summed E-state index contributed by atoms with van der Waals surface area (Å²) in [6.45, 7) is 8.38. The van der Waals surface area contributed by atoms with Gasteiger partial charge in [0.25, 0.3) is 0 Å². The minimum absolute atomic E-state index is 0.114. The number of fused-ring (bicyclic) bond motifs is 2. The lowest BCUT2D eigenvalue weighted by molar-refractivity contribution is -0.138. The van der Waals surface area contributed by atoms with E-state index in [0.717, 1.165) is 87.1 Å². The monoisotopic (exact) mass is 461 g/mol. The Hall–Kier alpha value is -3.26. The molecule has 6 rings (SSSR count). The number of H-pyrrole nitrogens is 1. The minimum atomic E-state index is 0.114. The van der Waals surface area contributed by atoms with Crippen LogP contribution in [0, 0.1) is 12.8 Å². The third-order valence-corrected chi connectivity index (χ3v) is 7.30. The van der Waals surface area contributed by atoms with Gasteiger partial charge in [-0.3, -0.25) is 9.69 Å². The fourth-order valence-corrected chi connectivity index (χ4v) is 5.28. The first-order valence-corrected chi connectivity index (χ1v) is 12.2. The molecular weight excluding hydrogens is 430 g/mol. The van der Waals surface area contributed by atoms with Crippen LogP contribution in [0.5, 0.6) is 11.5 Å². The highest BCUT2D eigenvalue weighted by molar-refractivity contribution is 5.80. The van der Waals surface area contributed by atoms with Crippen LogP contribution in [0.3, 0.4) is 0 Å². The predicted molar refractivity (Wildman–Crippen MR) is 130 cm³/mol. The van der Waals surface area contributed by atoms with Gasteiger partial charge in [-0.2, -0.15) is 0 Å². The Kier molecular flexibility index (Phi) is 5.53. The van der Waals surface area contributed by atoms with Crippen LogP contribution in [-0.4, -0.2) is 71.7 Å². The van der Waals surface area contributed by atoms with Crippen molar-refractivity contribution in [2.75, 3.05) is 51.0 Å². The fraction of sp³-hybridized carbons (Fsp3) is 0.462. The number of nitrogens with one attached hydrogen (secondary N) is 1. The number of aryl methyl sites for hydroxylation is 1. The van der Waals surface area contributed by atoms with Gasteiger partial charge in [-0.25, -0.2) is 4.98 Å². The van der Waals surface area contributed by atoms with Gasteiger partial charge in [-0.1, -0.05) is 12.1 Å². The molecule has 0 saturated carbocycles. The highest BCUT2D eigenvalue weighted by Crippen LogP contribution is 2.33. The van der Waals surface area contributed by atoms with E-state index in [4.69, 9.17) is 14.5 Å². The van der Waals surface area contributed by atoms with E-state index in [1.54, 1.807) is 0 Å². The summed E-state index contributed by atoms with van der Waals surface area (Å²) >= 11 is 0. The van der Waals surface area contributed by atoms with Crippen LogP contribution in [0.2, 0.25) is 0 Å². The number of nitrogens with zero attached hydrogens (tertiary/aromatic N) is 4. The number of aromatic amines is 1. The molecule has 8 nitrogen and oxygen atoms in total. The molecule has 0 radical (unpaired) electrons. The number of carbonyl (C=O) groups excluding carboxylic acids is 1. The van der Waals surface area contributed by atoms with Crippen molar-refractivity contribution in [1.82, 2.24) is 19.8 Å². The van der Waals surface area contributed by atoms with Crippen LogP contribution in [0.15, 0.2) is 36.4 Å². The molecule has 1 aromatic heterocycles. The molecular formula is C26H31N5O3. The van der Waals surface area contributed by atoms with Crippen LogP contribution >= 0.6 is 0 Å². The highest BCUT2D eigenvalue weighted by Gasteiger charge is 2.31. The summed E-state index contributed by atoms with van der Waals surface area (Å²) in [6.07, 6.45) is 1.76. The molecule has 1 amide bonds. The lowest BCUT2D eigenvalue weighted by Gasteiger charge is -2.38. The number of aromatic nitrogens is 2. The number of hydrogen-bond acceptors (Lipinski definition) is 6. The van der Waals surface area contributed by atoms with Crippen molar-refractivity contribution in [2.45, 2.75) is 26.3 Å². The predicted octanol–water partition coefficient (Wildman–Crippen LogP) is 3.16. The molecule has 3 aliphatic heterocycles. The summed E-state index contributed by atoms with van der Waals surface area (Å²) in [7, 11) is 0. The Morgan fingerprint density at radius 3 is 2.62 bits per heavy atom. The van der Waals surface area contributed by atoms with Gasteiger partial charge >= 0.3 is 0 Å². The standard InChI is InChI=1S/C26H31N5O3/c1-18-2-4-21-22(14-18)28-26(27-21)31-8-6-20(7-9-31)25(32)30-12-10-29(11-13-30)16-19-3-5-23-24(15-19)34-17-33-23/h2-5,14-15,20H,6-13,16-17H2,1H3,(H,27,28). The zero-order valence-electron chi connectivity index (χ0n) is 19.6. The molecule has 1 N–H and O–H groups in total. The van der Waals surface area contributed by atoms with Crippen LogP contribution in [0.4, 0.5) is 5.95 Å². The van der Waals surface area contributed by atoms with E-state index in [9.17, 15) is 4.79 Å². The Balaban J connectivity index is 0.998. The highest BCUT2D eigenvalue weighted by atomic mass is 16.7. The summed E-state index contributed by atoms with van der Waals surface area (Å²) in [5.74, 6) is 3.01. The van der Waals surface area contributed by atoms with Crippen molar-refractivity contribution in [3.05, 3.63) is 47.5 Å². The van der Waals surface area contributed by atoms with Gasteiger partial charge in [0.2, 0.25) is 18.6 Å². The summed E-state index contributed by atoms with van der Waals surface area (Å²) < 4.78 is 10.9. The van der Waals surface area contributed by atoms with E-state index in [1.165, 1.54) is 11.1 Å². The maximum Gasteiger partial charge on any atom is 0.231 e. The smallest absolute Gasteiger partial charge is 0.231 e. The quantitative estimate of drug-likeness (QED) is 0.644. The first-order valence-electron chi connectivity index (χ1n) is 12.2. The van der Waals surface area contributed by atoms with Gasteiger partial charge in [0.15, 0.2) is 11.5 Å². The SMILES string of the molecule is Cc1ccc2nc(N3CCC(C(=O)N4CCN(Cc5ccc6c(c5)OCO6)CC4)CC3)[nH]c2c1. The van der Waals surface area contributed by atoms with Gasteiger partial charge in [-0.05, 0) is 55.2 Å². The average molecular weight is 462 g/mol. The van der Waals surface area contributed by atoms with E-state index in [2.05, 4.69) is 56.9 Å². The van der Waals surface area contributed by atoms with Crippen molar-refractivity contribution in [1.29, 1.82) is 0 Å². The number of carbonyl (C=O) groups is 1. The molecule has 0 unspecified atom stereocenters. The Morgan fingerprint density at radius 2 is 1.79 bits per heavy atom. The number of rotatable bonds is 4. The number of amides is 1. The second kappa shape index (κ2) is 8.83. The number of anilines is 1. The van der Waals surface area contributed by atoms with Crippen LogP contribution in [0.1, 0.15) is 24.0 Å². The topological polar surface area (TPSA) is 73.9 Å².